The zero-order valence-electron chi connectivity index (χ0n) is 22.8. The van der Waals surface area contributed by atoms with Gasteiger partial charge in [-0.25, -0.2) is 8.42 Å². The van der Waals surface area contributed by atoms with E-state index in [1.807, 2.05) is 91.0 Å². The molecule has 1 aliphatic heterocycles. The number of rotatable bonds is 13. The Bertz CT molecular complexity index is 1330. The van der Waals surface area contributed by atoms with Crippen molar-refractivity contribution in [2.45, 2.75) is 44.5 Å². The number of benzene rings is 3. The van der Waals surface area contributed by atoms with Gasteiger partial charge in [-0.05, 0) is 29.5 Å². The first-order valence-corrected chi connectivity index (χ1v) is 15.4. The summed E-state index contributed by atoms with van der Waals surface area (Å²) in [5, 5.41) is 3.00. The number of carbonyl (C=O) groups is 2. The molecule has 1 saturated heterocycles. The largest absolute Gasteiger partial charge is 0.376 e. The van der Waals surface area contributed by atoms with Crippen LogP contribution in [0.3, 0.4) is 0 Å². The van der Waals surface area contributed by atoms with Crippen molar-refractivity contribution in [2.24, 2.45) is 0 Å². The molecule has 8 nitrogen and oxygen atoms in total. The third-order valence-corrected chi connectivity index (χ3v) is 8.17. The summed E-state index contributed by atoms with van der Waals surface area (Å²) in [5.41, 5.74) is 2.51. The molecule has 2 atom stereocenters. The number of nitrogens with zero attached hydrogens (tertiary/aromatic N) is 2. The fourth-order valence-corrected chi connectivity index (χ4v) is 5.52. The van der Waals surface area contributed by atoms with Crippen LogP contribution >= 0.6 is 0 Å². The molecule has 9 heteroatoms. The zero-order chi connectivity index (χ0) is 28.4. The molecule has 0 saturated carbocycles. The van der Waals surface area contributed by atoms with Crippen LogP contribution in [0.25, 0.3) is 0 Å². The van der Waals surface area contributed by atoms with Crippen LogP contribution < -0.4 is 5.32 Å². The Hall–Kier alpha value is -3.53. The second-order valence-corrected chi connectivity index (χ2v) is 12.1. The Morgan fingerprint density at radius 2 is 1.43 bits per heavy atom. The molecular weight excluding hydrogens is 526 g/mol. The Morgan fingerprint density at radius 1 is 0.875 bits per heavy atom. The molecule has 0 aromatic heterocycles. The molecule has 1 N–H and O–H groups in total. The number of hydrogen-bond donors (Lipinski definition) is 1. The van der Waals surface area contributed by atoms with Gasteiger partial charge in [-0.1, -0.05) is 91.0 Å². The van der Waals surface area contributed by atoms with E-state index in [0.29, 0.717) is 13.2 Å². The van der Waals surface area contributed by atoms with Gasteiger partial charge in [-0.15, -0.1) is 0 Å². The number of carbonyl (C=O) groups excluding carboxylic acids is 2. The Balaban J connectivity index is 1.63. The predicted octanol–water partition coefficient (Wildman–Crippen LogP) is 3.38. The molecule has 40 heavy (non-hydrogen) atoms. The minimum absolute atomic E-state index is 0.0498. The molecule has 1 heterocycles. The quantitative estimate of drug-likeness (QED) is 0.344. The van der Waals surface area contributed by atoms with Crippen LogP contribution in [0.5, 0.6) is 0 Å². The van der Waals surface area contributed by atoms with Gasteiger partial charge in [-0.3, -0.25) is 9.59 Å². The van der Waals surface area contributed by atoms with Gasteiger partial charge in [0.05, 0.1) is 18.9 Å². The highest BCUT2D eigenvalue weighted by Gasteiger charge is 2.33. The van der Waals surface area contributed by atoms with Crippen molar-refractivity contribution >= 4 is 21.8 Å². The first-order valence-electron chi connectivity index (χ1n) is 13.6. The van der Waals surface area contributed by atoms with Crippen molar-refractivity contribution in [3.05, 3.63) is 108 Å². The van der Waals surface area contributed by atoms with Gasteiger partial charge >= 0.3 is 0 Å². The maximum Gasteiger partial charge on any atom is 0.243 e. The van der Waals surface area contributed by atoms with Crippen molar-refractivity contribution in [3.8, 4) is 0 Å². The van der Waals surface area contributed by atoms with Gasteiger partial charge < -0.3 is 15.0 Å². The average Bonchev–Trinajstić information content (AvgIpc) is 3.48. The SMILES string of the molecule is CS(=O)(=O)N(CC(=O)N(Cc1ccccc1)C(Cc1ccccc1)C(=O)NCC1CCCO1)Cc1ccccc1. The predicted molar refractivity (Wildman–Crippen MR) is 155 cm³/mol. The summed E-state index contributed by atoms with van der Waals surface area (Å²) in [6.07, 6.45) is 3.16. The van der Waals surface area contributed by atoms with Gasteiger partial charge in [0.1, 0.15) is 6.04 Å². The fraction of sp³-hybridized carbons (Fsp3) is 0.355. The average molecular weight is 564 g/mol. The highest BCUT2D eigenvalue weighted by atomic mass is 32.2. The van der Waals surface area contributed by atoms with Crippen molar-refractivity contribution in [1.29, 1.82) is 0 Å². The Labute approximate surface area is 237 Å². The Kier molecular flexibility index (Phi) is 10.5. The standard InChI is InChI=1S/C31H37N3O5S/c1-40(37,38)33(22-26-14-7-3-8-15-26)24-30(35)34(23-27-16-9-4-10-17-27)29(20-25-12-5-2-6-13-25)31(36)32-21-28-18-11-19-39-28/h2-10,12-17,28-29H,11,18-24H2,1H3,(H,32,36). The monoisotopic (exact) mass is 563 g/mol. The van der Waals surface area contributed by atoms with Crippen molar-refractivity contribution in [2.75, 3.05) is 26.0 Å². The molecule has 0 spiro atoms. The van der Waals surface area contributed by atoms with Crippen molar-refractivity contribution in [3.63, 3.8) is 0 Å². The number of sulfonamides is 1. The van der Waals surface area contributed by atoms with E-state index in [1.165, 1.54) is 4.90 Å². The van der Waals surface area contributed by atoms with Crippen LogP contribution in [0.4, 0.5) is 0 Å². The molecule has 1 fully saturated rings. The maximum absolute atomic E-state index is 14.0. The van der Waals surface area contributed by atoms with E-state index in [2.05, 4.69) is 5.32 Å². The van der Waals surface area contributed by atoms with Crippen LogP contribution in [0.15, 0.2) is 91.0 Å². The van der Waals surface area contributed by atoms with E-state index in [9.17, 15) is 18.0 Å². The third-order valence-electron chi connectivity index (χ3n) is 6.98. The van der Waals surface area contributed by atoms with Crippen molar-refractivity contribution in [1.82, 2.24) is 14.5 Å². The minimum Gasteiger partial charge on any atom is -0.376 e. The Morgan fingerprint density at radius 3 is 1.95 bits per heavy atom. The zero-order valence-corrected chi connectivity index (χ0v) is 23.6. The third kappa shape index (κ3) is 8.74. The number of amides is 2. The van der Waals surface area contributed by atoms with Gasteiger partial charge in [0.2, 0.25) is 21.8 Å². The highest BCUT2D eigenvalue weighted by Crippen LogP contribution is 2.18. The topological polar surface area (TPSA) is 96.0 Å². The van der Waals surface area contributed by atoms with Crippen LogP contribution in [-0.4, -0.2) is 67.5 Å². The smallest absolute Gasteiger partial charge is 0.243 e. The summed E-state index contributed by atoms with van der Waals surface area (Å²) in [7, 11) is -3.72. The van der Waals surface area contributed by atoms with Crippen LogP contribution in [0.2, 0.25) is 0 Å². The molecule has 1 aliphatic rings. The molecule has 2 amide bonds. The van der Waals surface area contributed by atoms with Gasteiger partial charge in [0, 0.05) is 32.7 Å². The highest BCUT2D eigenvalue weighted by molar-refractivity contribution is 7.88. The molecule has 2 unspecified atom stereocenters. The molecule has 3 aromatic carbocycles. The number of nitrogens with one attached hydrogen (secondary N) is 1. The molecule has 0 aliphatic carbocycles. The molecule has 212 valence electrons. The van der Waals surface area contributed by atoms with Crippen molar-refractivity contribution < 1.29 is 22.7 Å². The normalized spacial score (nSPS) is 16.0. The molecule has 0 radical (unpaired) electrons. The molecule has 4 rings (SSSR count). The van der Waals surface area contributed by atoms with E-state index < -0.39 is 22.0 Å². The molecule has 3 aromatic rings. The lowest BCUT2D eigenvalue weighted by atomic mass is 10.0. The number of ether oxygens (including phenoxy) is 1. The van der Waals surface area contributed by atoms with E-state index in [-0.39, 0.29) is 38.1 Å². The van der Waals surface area contributed by atoms with Gasteiger partial charge in [0.15, 0.2) is 0 Å². The second kappa shape index (κ2) is 14.2. The lowest BCUT2D eigenvalue weighted by molar-refractivity contribution is -0.141. The first-order chi connectivity index (χ1) is 19.3. The van der Waals surface area contributed by atoms with E-state index >= 15 is 0 Å². The summed E-state index contributed by atoms with van der Waals surface area (Å²) in [6, 6.07) is 27.2. The summed E-state index contributed by atoms with van der Waals surface area (Å²) < 4.78 is 32.4. The maximum atomic E-state index is 14.0. The first kappa shape index (κ1) is 29.5. The van der Waals surface area contributed by atoms with Crippen LogP contribution in [0, 0.1) is 0 Å². The van der Waals surface area contributed by atoms with E-state index in [0.717, 1.165) is 40.1 Å². The summed E-state index contributed by atoms with van der Waals surface area (Å²) in [4.78, 5) is 29.2. The number of hydrogen-bond acceptors (Lipinski definition) is 5. The van der Waals surface area contributed by atoms with Crippen LogP contribution in [-0.2, 0) is 43.9 Å². The van der Waals surface area contributed by atoms with E-state index in [4.69, 9.17) is 4.74 Å². The lowest BCUT2D eigenvalue weighted by Crippen LogP contribution is -2.53. The summed E-state index contributed by atoms with van der Waals surface area (Å²) in [5.74, 6) is -0.740. The van der Waals surface area contributed by atoms with E-state index in [1.54, 1.807) is 0 Å². The summed E-state index contributed by atoms with van der Waals surface area (Å²) >= 11 is 0. The molecular formula is C31H37N3O5S. The second-order valence-electron chi connectivity index (χ2n) is 10.1. The fourth-order valence-electron chi connectivity index (χ4n) is 4.79. The van der Waals surface area contributed by atoms with Crippen LogP contribution in [0.1, 0.15) is 29.5 Å². The molecule has 0 bridgehead atoms. The lowest BCUT2D eigenvalue weighted by Gasteiger charge is -2.33. The van der Waals surface area contributed by atoms with Gasteiger partial charge in [-0.2, -0.15) is 4.31 Å². The van der Waals surface area contributed by atoms with Gasteiger partial charge in [0.25, 0.3) is 0 Å². The minimum atomic E-state index is -3.72. The summed E-state index contributed by atoms with van der Waals surface area (Å²) in [6.45, 7) is 0.869.